The first-order valence-corrected chi connectivity index (χ1v) is 5.72. The van der Waals surface area contributed by atoms with Crippen molar-refractivity contribution in [1.82, 2.24) is 4.90 Å². The summed E-state index contributed by atoms with van der Waals surface area (Å²) in [5, 5.41) is 3.06. The molecular formula is C12H11ClN2O3. The minimum absolute atomic E-state index is 0.115. The van der Waals surface area contributed by atoms with E-state index >= 15 is 0 Å². The summed E-state index contributed by atoms with van der Waals surface area (Å²) in [6.07, 6.45) is 0. The van der Waals surface area contributed by atoms with E-state index in [-0.39, 0.29) is 6.54 Å². The fourth-order valence-electron chi connectivity index (χ4n) is 1.77. The van der Waals surface area contributed by atoms with Gasteiger partial charge in [0.2, 0.25) is 11.7 Å². The monoisotopic (exact) mass is 266 g/mol. The van der Waals surface area contributed by atoms with Crippen molar-refractivity contribution >= 4 is 34.9 Å². The molecule has 18 heavy (non-hydrogen) atoms. The lowest BCUT2D eigenvalue weighted by Gasteiger charge is -2.09. The molecule has 0 radical (unpaired) electrons. The van der Waals surface area contributed by atoms with Crippen LogP contribution in [-0.2, 0) is 14.4 Å². The largest absolute Gasteiger partial charge is 0.338 e. The van der Waals surface area contributed by atoms with Crippen molar-refractivity contribution < 1.29 is 14.4 Å². The number of rotatable bonds is 2. The number of hydrogen-bond donors (Lipinski definition) is 1. The molecule has 1 aromatic carbocycles. The first-order valence-electron chi connectivity index (χ1n) is 5.35. The van der Waals surface area contributed by atoms with Gasteiger partial charge in [-0.15, -0.1) is 0 Å². The molecule has 1 atom stereocenters. The van der Waals surface area contributed by atoms with Crippen molar-refractivity contribution in [2.45, 2.75) is 0 Å². The highest BCUT2D eigenvalue weighted by Gasteiger charge is 2.41. The zero-order chi connectivity index (χ0) is 13.3. The molecule has 1 N–H and O–H groups in total. The second-order valence-corrected chi connectivity index (χ2v) is 4.54. The number of Topliss-reactive ketones (excluding diaryl/α,β-unsaturated/α-hetero) is 1. The van der Waals surface area contributed by atoms with E-state index in [0.717, 1.165) is 0 Å². The number of halogens is 1. The Bertz CT molecular complexity index is 530. The minimum Gasteiger partial charge on any atom is -0.338 e. The van der Waals surface area contributed by atoms with Crippen LogP contribution in [0.1, 0.15) is 0 Å². The lowest BCUT2D eigenvalue weighted by molar-refractivity contribution is -0.141. The first-order chi connectivity index (χ1) is 8.49. The molecule has 1 aliphatic rings. The van der Waals surface area contributed by atoms with Gasteiger partial charge in [-0.25, -0.2) is 0 Å². The number of carbonyl (C=O) groups excluding carboxylic acids is 3. The number of carbonyl (C=O) groups is 3. The topological polar surface area (TPSA) is 66.5 Å². The molecule has 0 aromatic heterocycles. The average Bonchev–Trinajstić information content (AvgIpc) is 2.57. The van der Waals surface area contributed by atoms with E-state index < -0.39 is 23.5 Å². The molecule has 0 aliphatic carbocycles. The lowest BCUT2D eigenvalue weighted by Crippen LogP contribution is -2.29. The molecule has 0 bridgehead atoms. The summed E-state index contributed by atoms with van der Waals surface area (Å²) in [5.41, 5.74) is 0.502. The predicted octanol–water partition coefficient (Wildman–Crippen LogP) is 0.936. The van der Waals surface area contributed by atoms with Crippen LogP contribution in [0.5, 0.6) is 0 Å². The summed E-state index contributed by atoms with van der Waals surface area (Å²) >= 11 is 5.78. The zero-order valence-electron chi connectivity index (χ0n) is 9.64. The van der Waals surface area contributed by atoms with Crippen LogP contribution in [0, 0.1) is 5.92 Å². The average molecular weight is 267 g/mol. The summed E-state index contributed by atoms with van der Waals surface area (Å²) in [4.78, 5) is 36.0. The van der Waals surface area contributed by atoms with Gasteiger partial charge in [0.25, 0.3) is 5.91 Å². The third-order valence-electron chi connectivity index (χ3n) is 2.74. The van der Waals surface area contributed by atoms with Crippen LogP contribution in [0.3, 0.4) is 0 Å². The van der Waals surface area contributed by atoms with Gasteiger partial charge in [0.1, 0.15) is 5.92 Å². The standard InChI is InChI=1S/C12H11ClN2O3/c1-15-6-9(10(16)12(15)18)11(17)14-8-4-2-3-7(13)5-8/h2-5,9H,6H2,1H3,(H,14,17). The Morgan fingerprint density at radius 2 is 2.17 bits per heavy atom. The third kappa shape index (κ3) is 2.36. The Morgan fingerprint density at radius 1 is 1.44 bits per heavy atom. The van der Waals surface area contributed by atoms with Crippen molar-refractivity contribution in [2.24, 2.45) is 5.92 Å². The highest BCUT2D eigenvalue weighted by atomic mass is 35.5. The molecular weight excluding hydrogens is 256 g/mol. The lowest BCUT2D eigenvalue weighted by atomic mass is 10.1. The molecule has 1 saturated heterocycles. The fourth-order valence-corrected chi connectivity index (χ4v) is 1.96. The normalized spacial score (nSPS) is 19.2. The van der Waals surface area contributed by atoms with Crippen LogP contribution < -0.4 is 5.32 Å². The summed E-state index contributed by atoms with van der Waals surface area (Å²) in [6.45, 7) is 0.115. The van der Waals surface area contributed by atoms with Crippen LogP contribution in [0.25, 0.3) is 0 Å². The van der Waals surface area contributed by atoms with E-state index in [1.807, 2.05) is 0 Å². The predicted molar refractivity (Wildman–Crippen MR) is 66.2 cm³/mol. The van der Waals surface area contributed by atoms with Crippen molar-refractivity contribution in [3.8, 4) is 0 Å². The van der Waals surface area contributed by atoms with E-state index in [2.05, 4.69) is 5.32 Å². The van der Waals surface area contributed by atoms with E-state index in [1.54, 1.807) is 24.3 Å². The Labute approximate surface area is 109 Å². The molecule has 2 rings (SSSR count). The van der Waals surface area contributed by atoms with Crippen molar-refractivity contribution in [1.29, 1.82) is 0 Å². The van der Waals surface area contributed by atoms with Crippen LogP contribution >= 0.6 is 11.6 Å². The molecule has 1 aromatic rings. The number of amides is 2. The van der Waals surface area contributed by atoms with Crippen LogP contribution in [0.4, 0.5) is 5.69 Å². The quantitative estimate of drug-likeness (QED) is 0.640. The smallest absolute Gasteiger partial charge is 0.290 e. The van der Waals surface area contributed by atoms with Gasteiger partial charge in [-0.3, -0.25) is 14.4 Å². The summed E-state index contributed by atoms with van der Waals surface area (Å²) in [7, 11) is 1.49. The van der Waals surface area contributed by atoms with E-state index in [0.29, 0.717) is 10.7 Å². The molecule has 0 spiro atoms. The molecule has 1 unspecified atom stereocenters. The molecule has 6 heteroatoms. The summed E-state index contributed by atoms with van der Waals surface area (Å²) in [5.74, 6) is -2.72. The first kappa shape index (κ1) is 12.6. The van der Waals surface area contributed by atoms with Crippen LogP contribution in [-0.4, -0.2) is 36.1 Å². The van der Waals surface area contributed by atoms with Crippen LogP contribution in [0.15, 0.2) is 24.3 Å². The van der Waals surface area contributed by atoms with E-state index in [9.17, 15) is 14.4 Å². The second kappa shape index (κ2) is 4.78. The Kier molecular flexibility index (Phi) is 3.34. The van der Waals surface area contributed by atoms with Gasteiger partial charge in [0.05, 0.1) is 0 Å². The number of anilines is 1. The Morgan fingerprint density at radius 3 is 2.72 bits per heavy atom. The molecule has 94 valence electrons. The number of hydrogen-bond acceptors (Lipinski definition) is 3. The SMILES string of the molecule is CN1CC(C(=O)Nc2cccc(Cl)c2)C(=O)C1=O. The Hall–Kier alpha value is -1.88. The number of likely N-dealkylation sites (tertiary alicyclic amines) is 1. The number of benzene rings is 1. The molecule has 1 aliphatic heterocycles. The second-order valence-electron chi connectivity index (χ2n) is 4.10. The summed E-state index contributed by atoms with van der Waals surface area (Å²) in [6, 6.07) is 6.60. The van der Waals surface area contributed by atoms with Gasteiger partial charge in [-0.05, 0) is 18.2 Å². The van der Waals surface area contributed by atoms with Gasteiger partial charge in [0.15, 0.2) is 0 Å². The van der Waals surface area contributed by atoms with Gasteiger partial charge in [-0.1, -0.05) is 17.7 Å². The zero-order valence-corrected chi connectivity index (χ0v) is 10.4. The summed E-state index contributed by atoms with van der Waals surface area (Å²) < 4.78 is 0. The highest BCUT2D eigenvalue weighted by Crippen LogP contribution is 2.18. The maximum Gasteiger partial charge on any atom is 0.290 e. The van der Waals surface area contributed by atoms with Gasteiger partial charge in [-0.2, -0.15) is 0 Å². The molecule has 1 heterocycles. The van der Waals surface area contributed by atoms with Crippen molar-refractivity contribution in [3.63, 3.8) is 0 Å². The number of likely N-dealkylation sites (N-methyl/N-ethyl adjacent to an activating group) is 1. The third-order valence-corrected chi connectivity index (χ3v) is 2.97. The van der Waals surface area contributed by atoms with Gasteiger partial charge >= 0.3 is 0 Å². The molecule has 2 amide bonds. The highest BCUT2D eigenvalue weighted by molar-refractivity contribution is 6.43. The van der Waals surface area contributed by atoms with E-state index in [1.165, 1.54) is 11.9 Å². The Balaban J connectivity index is 2.10. The number of nitrogens with one attached hydrogen (secondary N) is 1. The molecule has 0 saturated carbocycles. The number of nitrogens with zero attached hydrogens (tertiary/aromatic N) is 1. The van der Waals surface area contributed by atoms with Crippen molar-refractivity contribution in [2.75, 3.05) is 18.9 Å². The van der Waals surface area contributed by atoms with Crippen LogP contribution in [0.2, 0.25) is 5.02 Å². The fraction of sp³-hybridized carbons (Fsp3) is 0.250. The van der Waals surface area contributed by atoms with E-state index in [4.69, 9.17) is 11.6 Å². The van der Waals surface area contributed by atoms with Crippen molar-refractivity contribution in [3.05, 3.63) is 29.3 Å². The van der Waals surface area contributed by atoms with Gasteiger partial charge < -0.3 is 10.2 Å². The molecule has 1 fully saturated rings. The maximum atomic E-state index is 11.9. The minimum atomic E-state index is -0.943. The number of ketones is 1. The van der Waals surface area contributed by atoms with Gasteiger partial charge in [0, 0.05) is 24.3 Å². The maximum absolute atomic E-state index is 11.9. The molecule has 5 nitrogen and oxygen atoms in total.